The van der Waals surface area contributed by atoms with Crippen molar-refractivity contribution in [2.24, 2.45) is 10.7 Å². The molecule has 1 aromatic carbocycles. The maximum Gasteiger partial charge on any atom is 0.300 e. The molecule has 126 valence electrons. The van der Waals surface area contributed by atoms with Crippen molar-refractivity contribution in [3.63, 3.8) is 0 Å². The Kier molecular flexibility index (Phi) is 4.24. The third-order valence-corrected chi connectivity index (χ3v) is 4.12. The summed E-state index contributed by atoms with van der Waals surface area (Å²) >= 11 is 0. The van der Waals surface area contributed by atoms with Gasteiger partial charge in [-0.15, -0.1) is 0 Å². The number of pyridine rings is 1. The highest BCUT2D eigenvalue weighted by molar-refractivity contribution is 6.04. The Balaban J connectivity index is 2.02. The van der Waals surface area contributed by atoms with E-state index in [1.807, 2.05) is 6.92 Å². The van der Waals surface area contributed by atoms with Gasteiger partial charge in [-0.3, -0.25) is 14.8 Å². The van der Waals surface area contributed by atoms with Crippen LogP contribution in [0.1, 0.15) is 30.5 Å². The second-order valence-electron chi connectivity index (χ2n) is 6.00. The van der Waals surface area contributed by atoms with Gasteiger partial charge in [0.05, 0.1) is 5.54 Å². The number of nitrogens with two attached hydrogens (primary N) is 1. The molecule has 5 nitrogen and oxygen atoms in total. The fraction of sp³-hybridized carbons (Fsp3) is 0.211. The molecule has 6 heteroatoms. The highest BCUT2D eigenvalue weighted by Gasteiger charge is 2.34. The summed E-state index contributed by atoms with van der Waals surface area (Å²) in [6, 6.07) is 6.16. The van der Waals surface area contributed by atoms with Crippen molar-refractivity contribution >= 4 is 17.4 Å². The van der Waals surface area contributed by atoms with Crippen LogP contribution in [0.15, 0.2) is 41.7 Å². The van der Waals surface area contributed by atoms with E-state index >= 15 is 0 Å². The normalized spacial score (nSPS) is 18.4. The van der Waals surface area contributed by atoms with Crippen molar-refractivity contribution in [2.75, 3.05) is 5.32 Å². The average molecular weight is 336 g/mol. The Hall–Kier alpha value is -3.20. The average Bonchev–Trinajstić information content (AvgIpc) is 2.56. The van der Waals surface area contributed by atoms with Crippen molar-refractivity contribution in [2.45, 2.75) is 25.8 Å². The van der Waals surface area contributed by atoms with Crippen LogP contribution in [0.4, 0.5) is 10.1 Å². The SMILES string of the molecule is CC#CC(=O)Nc1ccc(F)c(C2(C)Cc3cnccc3C(N)=N2)c1. The molecule has 0 radical (unpaired) electrons. The zero-order valence-electron chi connectivity index (χ0n) is 13.9. The standard InChI is InChI=1S/C19H17FN4O/c1-3-4-17(25)23-13-5-6-16(20)15(9-13)19(2)10-12-11-22-8-7-14(12)18(21)24-19/h5-9,11H,10H2,1-2H3,(H2,21,24)(H,23,25). The van der Waals surface area contributed by atoms with Crippen LogP contribution in [-0.4, -0.2) is 16.7 Å². The van der Waals surface area contributed by atoms with Crippen LogP contribution >= 0.6 is 0 Å². The molecule has 1 aliphatic rings. The number of amides is 1. The molecule has 1 unspecified atom stereocenters. The monoisotopic (exact) mass is 336 g/mol. The molecule has 3 N–H and O–H groups in total. The van der Waals surface area contributed by atoms with Crippen LogP contribution in [0.5, 0.6) is 0 Å². The molecule has 2 aromatic rings. The first-order chi connectivity index (χ1) is 11.9. The van der Waals surface area contributed by atoms with Crippen molar-refractivity contribution in [1.82, 2.24) is 4.98 Å². The zero-order valence-corrected chi connectivity index (χ0v) is 13.9. The highest BCUT2D eigenvalue weighted by atomic mass is 19.1. The molecule has 1 amide bonds. The lowest BCUT2D eigenvalue weighted by atomic mass is 9.82. The van der Waals surface area contributed by atoms with Gasteiger partial charge in [-0.05, 0) is 49.6 Å². The van der Waals surface area contributed by atoms with Crippen molar-refractivity contribution < 1.29 is 9.18 Å². The summed E-state index contributed by atoms with van der Waals surface area (Å²) in [7, 11) is 0. The molecule has 0 saturated heterocycles. The molecular formula is C19H17FN4O. The van der Waals surface area contributed by atoms with Crippen LogP contribution in [-0.2, 0) is 16.8 Å². The third-order valence-electron chi connectivity index (χ3n) is 4.12. The van der Waals surface area contributed by atoms with Gasteiger partial charge in [0.1, 0.15) is 11.7 Å². The molecule has 1 atom stereocenters. The van der Waals surface area contributed by atoms with Crippen molar-refractivity contribution in [3.05, 3.63) is 59.2 Å². The number of aromatic nitrogens is 1. The molecule has 0 aliphatic carbocycles. The number of aliphatic imine (C=N–C) groups is 1. The number of benzene rings is 1. The lowest BCUT2D eigenvalue weighted by Crippen LogP contribution is -2.34. The fourth-order valence-electron chi connectivity index (χ4n) is 3.00. The van der Waals surface area contributed by atoms with Gasteiger partial charge in [-0.2, -0.15) is 0 Å². The summed E-state index contributed by atoms with van der Waals surface area (Å²) in [6.07, 6.45) is 3.82. The molecule has 25 heavy (non-hydrogen) atoms. The predicted octanol–water partition coefficient (Wildman–Crippen LogP) is 2.36. The molecule has 1 aliphatic heterocycles. The number of nitrogens with zero attached hydrogens (tertiary/aromatic N) is 2. The number of carbonyl (C=O) groups is 1. The largest absolute Gasteiger partial charge is 0.383 e. The topological polar surface area (TPSA) is 80.4 Å². The Morgan fingerprint density at radius 2 is 2.20 bits per heavy atom. The first-order valence-corrected chi connectivity index (χ1v) is 7.75. The van der Waals surface area contributed by atoms with Gasteiger partial charge in [0.15, 0.2) is 0 Å². The van der Waals surface area contributed by atoms with Crippen molar-refractivity contribution in [1.29, 1.82) is 0 Å². The molecule has 0 fully saturated rings. The second kappa shape index (κ2) is 6.36. The summed E-state index contributed by atoms with van der Waals surface area (Å²) in [4.78, 5) is 20.3. The van der Waals surface area contributed by atoms with Crippen LogP contribution in [0.25, 0.3) is 0 Å². The van der Waals surface area contributed by atoms with Gasteiger partial charge in [0.2, 0.25) is 0 Å². The molecule has 0 spiro atoms. The number of rotatable bonds is 2. The number of amidine groups is 1. The fourth-order valence-corrected chi connectivity index (χ4v) is 3.00. The molecule has 3 rings (SSSR count). The quantitative estimate of drug-likeness (QED) is 0.826. The lowest BCUT2D eigenvalue weighted by molar-refractivity contribution is -0.111. The van der Waals surface area contributed by atoms with E-state index in [0.717, 1.165) is 11.1 Å². The second-order valence-corrected chi connectivity index (χ2v) is 6.00. The Labute approximate surface area is 145 Å². The Morgan fingerprint density at radius 1 is 1.40 bits per heavy atom. The van der Waals surface area contributed by atoms with E-state index in [1.54, 1.807) is 31.5 Å². The maximum atomic E-state index is 14.5. The van der Waals surface area contributed by atoms with Crippen molar-refractivity contribution in [3.8, 4) is 11.8 Å². The van der Waals surface area contributed by atoms with E-state index in [4.69, 9.17) is 5.73 Å². The molecule has 0 bridgehead atoms. The van der Waals surface area contributed by atoms with Gasteiger partial charge in [-0.25, -0.2) is 4.39 Å². The van der Waals surface area contributed by atoms with Crippen LogP contribution in [0.3, 0.4) is 0 Å². The van der Waals surface area contributed by atoms with E-state index in [1.165, 1.54) is 12.1 Å². The number of hydrogen-bond acceptors (Lipinski definition) is 4. The minimum atomic E-state index is -0.888. The number of carbonyl (C=O) groups excluding carboxylic acids is 1. The number of anilines is 1. The van der Waals surface area contributed by atoms with Crippen LogP contribution in [0, 0.1) is 17.7 Å². The number of halogens is 1. The molecule has 1 aromatic heterocycles. The van der Waals surface area contributed by atoms with Crippen LogP contribution in [0.2, 0.25) is 0 Å². The van der Waals surface area contributed by atoms with E-state index in [0.29, 0.717) is 23.5 Å². The summed E-state index contributed by atoms with van der Waals surface area (Å²) in [5.74, 6) is 4.39. The molecule has 0 saturated carbocycles. The van der Waals surface area contributed by atoms with E-state index in [9.17, 15) is 9.18 Å². The third kappa shape index (κ3) is 3.22. The smallest absolute Gasteiger partial charge is 0.300 e. The summed E-state index contributed by atoms with van der Waals surface area (Å²) in [5, 5.41) is 2.63. The van der Waals surface area contributed by atoms with E-state index in [2.05, 4.69) is 27.1 Å². The summed E-state index contributed by atoms with van der Waals surface area (Å²) in [6.45, 7) is 3.38. The highest BCUT2D eigenvalue weighted by Crippen LogP contribution is 2.36. The lowest BCUT2D eigenvalue weighted by Gasteiger charge is -2.32. The number of fused-ring (bicyclic) bond motifs is 1. The first-order valence-electron chi connectivity index (χ1n) is 7.75. The van der Waals surface area contributed by atoms with E-state index < -0.39 is 17.3 Å². The van der Waals surface area contributed by atoms with E-state index in [-0.39, 0.29) is 0 Å². The first kappa shape index (κ1) is 16.7. The van der Waals surface area contributed by atoms with Gasteiger partial charge in [0.25, 0.3) is 5.91 Å². The zero-order chi connectivity index (χ0) is 18.0. The molecule has 2 heterocycles. The maximum absolute atomic E-state index is 14.5. The van der Waals surface area contributed by atoms with Gasteiger partial charge < -0.3 is 11.1 Å². The summed E-state index contributed by atoms with van der Waals surface area (Å²) < 4.78 is 14.5. The van der Waals surface area contributed by atoms with Gasteiger partial charge >= 0.3 is 0 Å². The molecular weight excluding hydrogens is 319 g/mol. The predicted molar refractivity (Wildman–Crippen MR) is 94.5 cm³/mol. The Bertz CT molecular complexity index is 942. The summed E-state index contributed by atoms with van der Waals surface area (Å²) in [5.41, 5.74) is 7.72. The van der Waals surface area contributed by atoms with Gasteiger partial charge in [0, 0.05) is 35.6 Å². The number of hydrogen-bond donors (Lipinski definition) is 2. The van der Waals surface area contributed by atoms with Crippen LogP contribution < -0.4 is 11.1 Å². The Morgan fingerprint density at radius 3 is 2.96 bits per heavy atom. The number of nitrogens with one attached hydrogen (secondary N) is 1. The minimum Gasteiger partial charge on any atom is -0.383 e. The van der Waals surface area contributed by atoms with Gasteiger partial charge in [-0.1, -0.05) is 5.92 Å². The minimum absolute atomic E-state index is 0.344.